The molecule has 0 radical (unpaired) electrons. The molecule has 3 aromatic rings. The number of H-pyrrole nitrogens is 1. The fourth-order valence-electron chi connectivity index (χ4n) is 3.38. The van der Waals surface area contributed by atoms with E-state index in [4.69, 9.17) is 4.74 Å². The number of hydrogen-bond acceptors (Lipinski definition) is 4. The number of amides is 1. The van der Waals surface area contributed by atoms with E-state index in [2.05, 4.69) is 39.3 Å². The van der Waals surface area contributed by atoms with Gasteiger partial charge >= 0.3 is 0 Å². The fraction of sp³-hybridized carbons (Fsp3) is 0.286. The number of anilines is 2. The smallest absolute Gasteiger partial charge is 0.272 e. The number of ether oxygens (including phenoxy) is 1. The minimum Gasteiger partial charge on any atom is -0.497 e. The lowest BCUT2D eigenvalue weighted by Gasteiger charge is -2.34. The second kappa shape index (κ2) is 7.32. The van der Waals surface area contributed by atoms with Crippen LogP contribution >= 0.6 is 0 Å². The molecule has 27 heavy (non-hydrogen) atoms. The van der Waals surface area contributed by atoms with Crippen LogP contribution < -0.4 is 15.0 Å². The minimum atomic E-state index is -0.155. The van der Waals surface area contributed by atoms with Gasteiger partial charge in [-0.15, -0.1) is 0 Å². The summed E-state index contributed by atoms with van der Waals surface area (Å²) in [4.78, 5) is 20.4. The van der Waals surface area contributed by atoms with Gasteiger partial charge in [0, 0.05) is 48.5 Å². The topological polar surface area (TPSA) is 60.6 Å². The molecule has 2 aromatic carbocycles. The first-order chi connectivity index (χ1) is 13.1. The van der Waals surface area contributed by atoms with E-state index in [1.54, 1.807) is 7.11 Å². The maximum Gasteiger partial charge on any atom is 0.272 e. The van der Waals surface area contributed by atoms with E-state index < -0.39 is 0 Å². The minimum absolute atomic E-state index is 0.155. The molecule has 6 nitrogen and oxygen atoms in total. The Bertz CT molecular complexity index is 940. The van der Waals surface area contributed by atoms with E-state index in [9.17, 15) is 4.79 Å². The van der Waals surface area contributed by atoms with Crippen LogP contribution in [-0.4, -0.2) is 56.1 Å². The zero-order chi connectivity index (χ0) is 18.8. The first kappa shape index (κ1) is 17.4. The van der Waals surface area contributed by atoms with Gasteiger partial charge in [0.2, 0.25) is 0 Å². The Morgan fingerprint density at radius 1 is 1.04 bits per heavy atom. The molecule has 0 spiro atoms. The molecule has 2 N–H and O–H groups in total. The molecule has 0 saturated carbocycles. The van der Waals surface area contributed by atoms with Crippen molar-refractivity contribution in [1.82, 2.24) is 9.88 Å². The average Bonchev–Trinajstić information content (AvgIpc) is 3.12. The lowest BCUT2D eigenvalue weighted by Crippen LogP contribution is -2.44. The Labute approximate surface area is 158 Å². The van der Waals surface area contributed by atoms with E-state index in [1.165, 1.54) is 5.69 Å². The van der Waals surface area contributed by atoms with Crippen molar-refractivity contribution in [2.45, 2.75) is 0 Å². The van der Waals surface area contributed by atoms with Gasteiger partial charge in [-0.05, 0) is 55.6 Å². The fourth-order valence-corrected chi connectivity index (χ4v) is 3.38. The molecule has 1 saturated heterocycles. The van der Waals surface area contributed by atoms with E-state index in [1.807, 2.05) is 36.4 Å². The molecular formula is C21H24N4O2. The first-order valence-corrected chi connectivity index (χ1v) is 9.14. The Kier molecular flexibility index (Phi) is 4.73. The van der Waals surface area contributed by atoms with Crippen LogP contribution in [0.15, 0.2) is 48.5 Å². The van der Waals surface area contributed by atoms with Gasteiger partial charge in [0.25, 0.3) is 5.91 Å². The second-order valence-corrected chi connectivity index (χ2v) is 6.93. The number of benzene rings is 2. The van der Waals surface area contributed by atoms with Gasteiger partial charge < -0.3 is 24.8 Å². The van der Waals surface area contributed by atoms with Crippen LogP contribution in [0.4, 0.5) is 11.4 Å². The molecule has 140 valence electrons. The van der Waals surface area contributed by atoms with Gasteiger partial charge in [0.1, 0.15) is 11.4 Å². The molecular weight excluding hydrogens is 340 g/mol. The van der Waals surface area contributed by atoms with E-state index in [-0.39, 0.29) is 5.91 Å². The van der Waals surface area contributed by atoms with Gasteiger partial charge in [-0.2, -0.15) is 0 Å². The number of aromatic amines is 1. The van der Waals surface area contributed by atoms with Crippen molar-refractivity contribution in [2.24, 2.45) is 0 Å². The Hall–Kier alpha value is -2.99. The summed E-state index contributed by atoms with van der Waals surface area (Å²) in [7, 11) is 3.78. The molecule has 0 aliphatic carbocycles. The Morgan fingerprint density at radius 3 is 2.48 bits per heavy atom. The number of nitrogens with one attached hydrogen (secondary N) is 2. The van der Waals surface area contributed by atoms with Crippen molar-refractivity contribution in [3.05, 3.63) is 54.2 Å². The van der Waals surface area contributed by atoms with Crippen molar-refractivity contribution >= 4 is 28.2 Å². The summed E-state index contributed by atoms with van der Waals surface area (Å²) in [6.45, 7) is 4.20. The van der Waals surface area contributed by atoms with E-state index >= 15 is 0 Å². The van der Waals surface area contributed by atoms with Crippen molar-refractivity contribution in [3.8, 4) is 5.75 Å². The van der Waals surface area contributed by atoms with Crippen molar-refractivity contribution < 1.29 is 9.53 Å². The number of carbonyl (C=O) groups is 1. The highest BCUT2D eigenvalue weighted by molar-refractivity contribution is 6.06. The summed E-state index contributed by atoms with van der Waals surface area (Å²) < 4.78 is 5.23. The van der Waals surface area contributed by atoms with Gasteiger partial charge in [-0.25, -0.2) is 0 Å². The van der Waals surface area contributed by atoms with Gasteiger partial charge in [-0.3, -0.25) is 4.79 Å². The van der Waals surface area contributed by atoms with Crippen LogP contribution in [0.25, 0.3) is 10.9 Å². The number of piperazine rings is 1. The summed E-state index contributed by atoms with van der Waals surface area (Å²) in [6, 6.07) is 15.6. The van der Waals surface area contributed by atoms with Gasteiger partial charge in [-0.1, -0.05) is 0 Å². The highest BCUT2D eigenvalue weighted by Gasteiger charge is 2.15. The number of hydrogen-bond donors (Lipinski definition) is 2. The molecule has 0 atom stereocenters. The number of rotatable bonds is 4. The molecule has 1 aliphatic heterocycles. The summed E-state index contributed by atoms with van der Waals surface area (Å²) >= 11 is 0. The van der Waals surface area contributed by atoms with Crippen LogP contribution in [0.1, 0.15) is 10.5 Å². The van der Waals surface area contributed by atoms with Crippen molar-refractivity contribution in [3.63, 3.8) is 0 Å². The molecule has 4 rings (SSSR count). The summed E-state index contributed by atoms with van der Waals surface area (Å²) in [5.74, 6) is 0.616. The zero-order valence-electron chi connectivity index (χ0n) is 15.7. The maximum atomic E-state index is 12.6. The number of likely N-dealkylation sites (N-methyl/N-ethyl adjacent to an activating group) is 1. The average molecular weight is 364 g/mol. The van der Waals surface area contributed by atoms with Crippen molar-refractivity contribution in [1.29, 1.82) is 0 Å². The first-order valence-electron chi connectivity index (χ1n) is 9.14. The largest absolute Gasteiger partial charge is 0.497 e. The Morgan fingerprint density at radius 2 is 1.78 bits per heavy atom. The lowest BCUT2D eigenvalue weighted by molar-refractivity contribution is 0.102. The summed E-state index contributed by atoms with van der Waals surface area (Å²) in [6.07, 6.45) is 0. The molecule has 0 bridgehead atoms. The predicted molar refractivity (Wildman–Crippen MR) is 109 cm³/mol. The monoisotopic (exact) mass is 364 g/mol. The highest BCUT2D eigenvalue weighted by atomic mass is 16.5. The quantitative estimate of drug-likeness (QED) is 0.746. The van der Waals surface area contributed by atoms with Gasteiger partial charge in [0.15, 0.2) is 0 Å². The van der Waals surface area contributed by atoms with Gasteiger partial charge in [0.05, 0.1) is 7.11 Å². The second-order valence-electron chi connectivity index (χ2n) is 6.93. The molecule has 1 fully saturated rings. The maximum absolute atomic E-state index is 12.6. The Balaban J connectivity index is 1.45. The number of methoxy groups -OCH3 is 1. The third-order valence-electron chi connectivity index (χ3n) is 5.07. The highest BCUT2D eigenvalue weighted by Crippen LogP contribution is 2.23. The normalized spacial score (nSPS) is 15.1. The third-order valence-corrected chi connectivity index (χ3v) is 5.07. The number of fused-ring (bicyclic) bond motifs is 1. The van der Waals surface area contributed by atoms with Crippen LogP contribution in [0, 0.1) is 0 Å². The number of nitrogens with zero attached hydrogens (tertiary/aromatic N) is 2. The molecule has 1 aromatic heterocycles. The molecule has 6 heteroatoms. The van der Waals surface area contributed by atoms with Crippen LogP contribution in [0.3, 0.4) is 0 Å². The van der Waals surface area contributed by atoms with Crippen LogP contribution in [0.2, 0.25) is 0 Å². The number of aromatic nitrogens is 1. The molecule has 1 amide bonds. The molecule has 1 aliphatic rings. The molecule has 2 heterocycles. The van der Waals surface area contributed by atoms with Crippen molar-refractivity contribution in [2.75, 3.05) is 50.6 Å². The SMILES string of the molecule is COc1ccc2[nH]c(C(=O)Nc3ccc(N4CCN(C)CC4)cc3)cc2c1. The van der Waals surface area contributed by atoms with E-state index in [0.717, 1.165) is 48.5 Å². The van der Waals surface area contributed by atoms with Crippen LogP contribution in [0.5, 0.6) is 5.75 Å². The lowest BCUT2D eigenvalue weighted by atomic mass is 10.2. The third kappa shape index (κ3) is 3.75. The summed E-state index contributed by atoms with van der Waals surface area (Å²) in [5.41, 5.74) is 3.42. The molecule has 0 unspecified atom stereocenters. The van der Waals surface area contributed by atoms with Crippen LogP contribution in [-0.2, 0) is 0 Å². The summed E-state index contributed by atoms with van der Waals surface area (Å²) in [5, 5.41) is 3.91. The standard InChI is InChI=1S/C21H24N4O2/c1-24-9-11-25(12-10-24)17-5-3-16(4-6-17)22-21(26)20-14-15-13-18(27-2)7-8-19(15)23-20/h3-8,13-14,23H,9-12H2,1-2H3,(H,22,26). The zero-order valence-corrected chi connectivity index (χ0v) is 15.7. The van der Waals surface area contributed by atoms with E-state index in [0.29, 0.717) is 5.69 Å². The predicted octanol–water partition coefficient (Wildman–Crippen LogP) is 3.18. The number of carbonyl (C=O) groups excluding carboxylic acids is 1.